The summed E-state index contributed by atoms with van der Waals surface area (Å²) in [5, 5.41) is 13.3. The number of allylic oxidation sites excluding steroid dienone is 1. The number of hydrogen-bond acceptors (Lipinski definition) is 5. The largest absolute Gasteiger partial charge is 0.505 e. The summed E-state index contributed by atoms with van der Waals surface area (Å²) in [7, 11) is 0. The smallest absolute Gasteiger partial charge is 0.253 e. The van der Waals surface area contributed by atoms with Crippen LogP contribution in [0.15, 0.2) is 84.6 Å². The molecule has 1 aliphatic carbocycles. The SMILES string of the molecule is O=C1C(=O)c2ccccc2C(O)=C1Nc1ccc(OCc2ccccc2)cc1. The van der Waals surface area contributed by atoms with Crippen molar-refractivity contribution in [3.63, 3.8) is 0 Å². The molecule has 0 radical (unpaired) electrons. The summed E-state index contributed by atoms with van der Waals surface area (Å²) < 4.78 is 5.73. The molecule has 138 valence electrons. The van der Waals surface area contributed by atoms with Crippen molar-refractivity contribution >= 4 is 23.0 Å². The van der Waals surface area contributed by atoms with Crippen molar-refractivity contribution in [1.29, 1.82) is 0 Å². The van der Waals surface area contributed by atoms with Gasteiger partial charge >= 0.3 is 0 Å². The van der Waals surface area contributed by atoms with Gasteiger partial charge in [-0.2, -0.15) is 0 Å². The topological polar surface area (TPSA) is 75.6 Å². The highest BCUT2D eigenvalue weighted by atomic mass is 16.5. The van der Waals surface area contributed by atoms with E-state index in [4.69, 9.17) is 4.74 Å². The molecule has 0 heterocycles. The molecule has 3 aromatic carbocycles. The summed E-state index contributed by atoms with van der Waals surface area (Å²) in [6.45, 7) is 0.448. The lowest BCUT2D eigenvalue weighted by Crippen LogP contribution is -2.27. The molecule has 0 aromatic heterocycles. The van der Waals surface area contributed by atoms with Gasteiger partial charge in [-0.1, -0.05) is 54.6 Å². The monoisotopic (exact) mass is 371 g/mol. The standard InChI is InChI=1S/C23H17NO4/c25-21-18-8-4-5-9-19(18)22(26)23(27)20(21)24-16-10-12-17(13-11-16)28-14-15-6-2-1-3-7-15/h1-13,24-25H,14H2. The Labute approximate surface area is 161 Å². The van der Waals surface area contributed by atoms with E-state index in [2.05, 4.69) is 5.32 Å². The van der Waals surface area contributed by atoms with Gasteiger partial charge in [0.2, 0.25) is 5.78 Å². The number of hydrogen-bond donors (Lipinski definition) is 2. The third-order valence-corrected chi connectivity index (χ3v) is 4.47. The normalized spacial score (nSPS) is 13.3. The molecular formula is C23H17NO4. The third-order valence-electron chi connectivity index (χ3n) is 4.47. The summed E-state index contributed by atoms with van der Waals surface area (Å²) in [6.07, 6.45) is 0. The van der Waals surface area contributed by atoms with Crippen LogP contribution in [0.25, 0.3) is 5.76 Å². The van der Waals surface area contributed by atoms with Crippen LogP contribution in [-0.4, -0.2) is 16.7 Å². The Hall–Kier alpha value is -3.86. The van der Waals surface area contributed by atoms with Gasteiger partial charge in [0.25, 0.3) is 5.78 Å². The molecule has 5 nitrogen and oxygen atoms in total. The van der Waals surface area contributed by atoms with Crippen molar-refractivity contribution in [2.45, 2.75) is 6.61 Å². The Kier molecular flexibility index (Phi) is 4.64. The molecule has 0 fully saturated rings. The Balaban J connectivity index is 1.51. The maximum atomic E-state index is 12.4. The summed E-state index contributed by atoms with van der Waals surface area (Å²) >= 11 is 0. The first-order valence-corrected chi connectivity index (χ1v) is 8.79. The zero-order valence-electron chi connectivity index (χ0n) is 14.9. The fourth-order valence-corrected chi connectivity index (χ4v) is 3.00. The summed E-state index contributed by atoms with van der Waals surface area (Å²) in [5.41, 5.74) is 2.05. The van der Waals surface area contributed by atoms with Gasteiger partial charge in [-0.15, -0.1) is 0 Å². The average molecular weight is 371 g/mol. The number of ketones is 2. The van der Waals surface area contributed by atoms with Gasteiger partial charge in [0.05, 0.1) is 0 Å². The van der Waals surface area contributed by atoms with Crippen LogP contribution < -0.4 is 10.1 Å². The van der Waals surface area contributed by atoms with E-state index in [1.807, 2.05) is 30.3 Å². The molecule has 0 spiro atoms. The highest BCUT2D eigenvalue weighted by molar-refractivity contribution is 6.52. The zero-order valence-corrected chi connectivity index (χ0v) is 14.9. The van der Waals surface area contributed by atoms with Gasteiger partial charge in [0.15, 0.2) is 5.76 Å². The Morgan fingerprint density at radius 2 is 1.39 bits per heavy atom. The first-order valence-electron chi connectivity index (χ1n) is 8.79. The molecule has 0 unspecified atom stereocenters. The number of ether oxygens (including phenoxy) is 1. The van der Waals surface area contributed by atoms with Crippen molar-refractivity contribution < 1.29 is 19.4 Å². The van der Waals surface area contributed by atoms with E-state index in [0.717, 1.165) is 5.56 Å². The minimum absolute atomic E-state index is 0.123. The lowest BCUT2D eigenvalue weighted by atomic mass is 9.91. The second kappa shape index (κ2) is 7.40. The fourth-order valence-electron chi connectivity index (χ4n) is 3.00. The van der Waals surface area contributed by atoms with Crippen LogP contribution in [0.5, 0.6) is 5.75 Å². The number of nitrogens with one attached hydrogen (secondary N) is 1. The predicted molar refractivity (Wildman–Crippen MR) is 106 cm³/mol. The Morgan fingerprint density at radius 3 is 2.11 bits per heavy atom. The average Bonchev–Trinajstić information content (AvgIpc) is 2.75. The van der Waals surface area contributed by atoms with Gasteiger partial charge in [-0.25, -0.2) is 0 Å². The molecule has 0 saturated carbocycles. The summed E-state index contributed by atoms with van der Waals surface area (Å²) in [6, 6.07) is 23.3. The molecule has 0 amide bonds. The summed E-state index contributed by atoms with van der Waals surface area (Å²) in [4.78, 5) is 24.7. The van der Waals surface area contributed by atoms with Crippen LogP contribution in [0.1, 0.15) is 21.5 Å². The van der Waals surface area contributed by atoms with Gasteiger partial charge in [0, 0.05) is 16.8 Å². The number of anilines is 1. The fraction of sp³-hybridized carbons (Fsp3) is 0.0435. The van der Waals surface area contributed by atoms with Crippen LogP contribution >= 0.6 is 0 Å². The Bertz CT molecular complexity index is 1070. The highest BCUT2D eigenvalue weighted by Gasteiger charge is 2.32. The molecule has 0 atom stereocenters. The van der Waals surface area contributed by atoms with Gasteiger partial charge in [-0.05, 0) is 29.8 Å². The van der Waals surface area contributed by atoms with Gasteiger partial charge < -0.3 is 15.2 Å². The number of Topliss-reactive ketones (excluding diaryl/α,β-unsaturated/α-hetero) is 2. The van der Waals surface area contributed by atoms with Crippen molar-refractivity contribution in [3.8, 4) is 5.75 Å². The quantitative estimate of drug-likeness (QED) is 0.652. The van der Waals surface area contributed by atoms with E-state index < -0.39 is 11.6 Å². The number of aliphatic hydroxyl groups is 1. The van der Waals surface area contributed by atoms with Crippen molar-refractivity contribution in [2.75, 3.05) is 5.32 Å². The molecule has 4 rings (SSSR count). The van der Waals surface area contributed by atoms with Crippen molar-refractivity contribution in [1.82, 2.24) is 0 Å². The lowest BCUT2D eigenvalue weighted by molar-refractivity contribution is -0.111. The van der Waals surface area contributed by atoms with Crippen LogP contribution in [0.2, 0.25) is 0 Å². The van der Waals surface area contributed by atoms with E-state index in [-0.39, 0.29) is 17.0 Å². The van der Waals surface area contributed by atoms with E-state index in [0.29, 0.717) is 23.6 Å². The molecular weight excluding hydrogens is 354 g/mol. The molecule has 3 aromatic rings. The minimum Gasteiger partial charge on any atom is -0.505 e. The van der Waals surface area contributed by atoms with E-state index in [1.165, 1.54) is 6.07 Å². The number of aliphatic hydroxyl groups excluding tert-OH is 1. The number of rotatable bonds is 5. The third kappa shape index (κ3) is 3.38. The van der Waals surface area contributed by atoms with Crippen LogP contribution in [0.4, 0.5) is 5.69 Å². The molecule has 2 N–H and O–H groups in total. The van der Waals surface area contributed by atoms with Crippen LogP contribution in [0, 0.1) is 0 Å². The van der Waals surface area contributed by atoms with E-state index in [1.54, 1.807) is 42.5 Å². The van der Waals surface area contributed by atoms with Gasteiger partial charge in [-0.3, -0.25) is 9.59 Å². The van der Waals surface area contributed by atoms with Crippen LogP contribution in [0.3, 0.4) is 0 Å². The Morgan fingerprint density at radius 1 is 0.750 bits per heavy atom. The second-order valence-corrected chi connectivity index (χ2v) is 6.35. The first kappa shape index (κ1) is 17.5. The number of fused-ring (bicyclic) bond motifs is 1. The van der Waals surface area contributed by atoms with E-state index in [9.17, 15) is 14.7 Å². The van der Waals surface area contributed by atoms with E-state index >= 15 is 0 Å². The molecule has 0 aliphatic heterocycles. The maximum absolute atomic E-state index is 12.4. The predicted octanol–water partition coefficient (Wildman–Crippen LogP) is 4.37. The lowest BCUT2D eigenvalue weighted by Gasteiger charge is -2.19. The van der Waals surface area contributed by atoms with Gasteiger partial charge in [0.1, 0.15) is 18.1 Å². The van der Waals surface area contributed by atoms with Crippen LogP contribution in [-0.2, 0) is 11.4 Å². The second-order valence-electron chi connectivity index (χ2n) is 6.35. The number of carbonyl (C=O) groups excluding carboxylic acids is 2. The zero-order chi connectivity index (χ0) is 19.5. The molecule has 5 heteroatoms. The molecule has 28 heavy (non-hydrogen) atoms. The number of benzene rings is 3. The van der Waals surface area contributed by atoms with Crippen molar-refractivity contribution in [2.24, 2.45) is 0 Å². The highest BCUT2D eigenvalue weighted by Crippen LogP contribution is 2.29. The van der Waals surface area contributed by atoms with Crippen molar-refractivity contribution in [3.05, 3.63) is 101 Å². The number of carbonyl (C=O) groups is 2. The molecule has 1 aliphatic rings. The summed E-state index contributed by atoms with van der Waals surface area (Å²) in [5.74, 6) is -0.965. The molecule has 0 saturated heterocycles. The maximum Gasteiger partial charge on any atom is 0.253 e. The first-order chi connectivity index (χ1) is 13.6. The molecule has 0 bridgehead atoms. The minimum atomic E-state index is -0.763.